The summed E-state index contributed by atoms with van der Waals surface area (Å²) in [5, 5.41) is 12.6. The lowest BCUT2D eigenvalue weighted by atomic mass is 9.72. The first-order chi connectivity index (χ1) is 13.7. The molecule has 152 valence electrons. The molecule has 0 radical (unpaired) electrons. The minimum absolute atomic E-state index is 0.0957. The molecule has 1 atom stereocenters. The number of rotatable bonds is 4. The van der Waals surface area contributed by atoms with Crippen LogP contribution in [0, 0.1) is 21.4 Å². The molecule has 1 unspecified atom stereocenters. The van der Waals surface area contributed by atoms with Crippen molar-refractivity contribution < 1.29 is 4.92 Å². The second-order valence-electron chi connectivity index (χ2n) is 8.60. The number of nitro benzene ring substituents is 1. The molecule has 0 aliphatic heterocycles. The predicted molar refractivity (Wildman–Crippen MR) is 119 cm³/mol. The van der Waals surface area contributed by atoms with E-state index in [9.17, 15) is 10.1 Å². The molecule has 1 aliphatic carbocycles. The van der Waals surface area contributed by atoms with E-state index >= 15 is 0 Å². The zero-order valence-corrected chi connectivity index (χ0v) is 18.4. The van der Waals surface area contributed by atoms with Crippen molar-refractivity contribution in [3.63, 3.8) is 0 Å². The van der Waals surface area contributed by atoms with E-state index in [4.69, 9.17) is 10.7 Å². The summed E-state index contributed by atoms with van der Waals surface area (Å²) in [6, 6.07) is 6.66. The van der Waals surface area contributed by atoms with Crippen molar-refractivity contribution >= 4 is 44.8 Å². The van der Waals surface area contributed by atoms with E-state index < -0.39 is 0 Å². The van der Waals surface area contributed by atoms with E-state index in [0.29, 0.717) is 28.1 Å². The van der Waals surface area contributed by atoms with Crippen molar-refractivity contribution in [2.24, 2.45) is 11.3 Å². The van der Waals surface area contributed by atoms with Gasteiger partial charge in [-0.3, -0.25) is 10.1 Å². The molecule has 29 heavy (non-hydrogen) atoms. The minimum atomic E-state index is -0.379. The fourth-order valence-corrected chi connectivity index (χ4v) is 6.06. The smallest absolute Gasteiger partial charge is 0.269 e. The molecule has 1 aliphatic rings. The molecular formula is C21H24N4O2S2. The molecule has 2 aromatic heterocycles. The molecule has 2 heterocycles. The molecule has 0 bridgehead atoms. The largest absolute Gasteiger partial charge is 0.383 e. The van der Waals surface area contributed by atoms with Crippen molar-refractivity contribution in [3.8, 4) is 0 Å². The third-order valence-corrected chi connectivity index (χ3v) is 7.70. The Morgan fingerprint density at radius 2 is 2.14 bits per heavy atom. The molecule has 6 nitrogen and oxygen atoms in total. The van der Waals surface area contributed by atoms with Gasteiger partial charge < -0.3 is 5.73 Å². The van der Waals surface area contributed by atoms with Gasteiger partial charge in [0.05, 0.1) is 10.3 Å². The minimum Gasteiger partial charge on any atom is -0.383 e. The highest BCUT2D eigenvalue weighted by molar-refractivity contribution is 7.98. The number of non-ortho nitro benzene ring substituents is 1. The number of fused-ring (bicyclic) bond motifs is 3. The van der Waals surface area contributed by atoms with Crippen LogP contribution in [0.5, 0.6) is 0 Å². The van der Waals surface area contributed by atoms with Crippen molar-refractivity contribution in [2.75, 3.05) is 5.73 Å². The number of nitrogens with two attached hydrogens (primary N) is 1. The van der Waals surface area contributed by atoms with Gasteiger partial charge >= 0.3 is 0 Å². The summed E-state index contributed by atoms with van der Waals surface area (Å²) in [4.78, 5) is 22.2. The standard InChI is InChI=1S/C21H24N4O2S2/c1-21(2,3)13-7-8-15-16(10-13)29-19-17(15)18(22)23-20(24-19)28-11-12-5-4-6-14(9-12)25(26)27/h4-6,9,13H,7-8,10-11H2,1-3H3,(H2,22,23,24). The van der Waals surface area contributed by atoms with E-state index in [1.54, 1.807) is 23.5 Å². The van der Waals surface area contributed by atoms with Gasteiger partial charge in [-0.2, -0.15) is 0 Å². The molecule has 0 fully saturated rings. The number of aromatic nitrogens is 2. The van der Waals surface area contributed by atoms with Crippen LogP contribution in [0.4, 0.5) is 11.5 Å². The molecule has 0 amide bonds. The molecule has 0 saturated carbocycles. The Bertz CT molecular complexity index is 1090. The molecule has 1 aromatic carbocycles. The van der Waals surface area contributed by atoms with Crippen LogP contribution in [-0.4, -0.2) is 14.9 Å². The number of hydrogen-bond donors (Lipinski definition) is 1. The molecule has 3 aromatic rings. The Balaban J connectivity index is 1.58. The topological polar surface area (TPSA) is 94.9 Å². The molecule has 0 saturated heterocycles. The van der Waals surface area contributed by atoms with E-state index in [1.165, 1.54) is 34.7 Å². The fraction of sp³-hybridized carbons (Fsp3) is 0.429. The van der Waals surface area contributed by atoms with E-state index in [-0.39, 0.29) is 10.6 Å². The van der Waals surface area contributed by atoms with Gasteiger partial charge in [-0.25, -0.2) is 9.97 Å². The molecular weight excluding hydrogens is 404 g/mol. The first-order valence-corrected chi connectivity index (χ1v) is 11.5. The molecule has 2 N–H and O–H groups in total. The summed E-state index contributed by atoms with van der Waals surface area (Å²) in [7, 11) is 0. The van der Waals surface area contributed by atoms with Gasteiger partial charge in [0.1, 0.15) is 10.6 Å². The van der Waals surface area contributed by atoms with Crippen LogP contribution in [-0.2, 0) is 18.6 Å². The summed E-state index contributed by atoms with van der Waals surface area (Å²) >= 11 is 3.20. The van der Waals surface area contributed by atoms with Crippen molar-refractivity contribution in [3.05, 3.63) is 50.4 Å². The lowest BCUT2D eigenvalue weighted by Gasteiger charge is -2.33. The average molecular weight is 429 g/mol. The third-order valence-electron chi connectivity index (χ3n) is 5.63. The number of thioether (sulfide) groups is 1. The summed E-state index contributed by atoms with van der Waals surface area (Å²) in [5.41, 5.74) is 8.92. The normalized spacial score (nSPS) is 16.7. The van der Waals surface area contributed by atoms with Crippen LogP contribution >= 0.6 is 23.1 Å². The van der Waals surface area contributed by atoms with Gasteiger partial charge in [-0.15, -0.1) is 11.3 Å². The Kier molecular flexibility index (Phi) is 5.25. The average Bonchev–Trinajstić information content (AvgIpc) is 3.04. The van der Waals surface area contributed by atoms with Crippen LogP contribution in [0.25, 0.3) is 10.2 Å². The number of anilines is 1. The van der Waals surface area contributed by atoms with Crippen LogP contribution in [0.15, 0.2) is 29.4 Å². The van der Waals surface area contributed by atoms with Gasteiger partial charge in [0, 0.05) is 22.8 Å². The number of benzene rings is 1. The lowest BCUT2D eigenvalue weighted by Crippen LogP contribution is -2.26. The number of nitrogen functional groups attached to an aromatic ring is 1. The Morgan fingerprint density at radius 3 is 2.86 bits per heavy atom. The zero-order valence-electron chi connectivity index (χ0n) is 16.8. The summed E-state index contributed by atoms with van der Waals surface area (Å²) < 4.78 is 0. The zero-order chi connectivity index (χ0) is 20.8. The maximum absolute atomic E-state index is 11.0. The first kappa shape index (κ1) is 20.1. The Morgan fingerprint density at radius 1 is 1.34 bits per heavy atom. The molecule has 4 rings (SSSR count). The van der Waals surface area contributed by atoms with Crippen LogP contribution < -0.4 is 5.73 Å². The fourth-order valence-electron chi connectivity index (χ4n) is 3.90. The lowest BCUT2D eigenvalue weighted by molar-refractivity contribution is -0.384. The number of hydrogen-bond acceptors (Lipinski definition) is 7. The third kappa shape index (κ3) is 4.09. The van der Waals surface area contributed by atoms with Crippen molar-refractivity contribution in [1.82, 2.24) is 9.97 Å². The van der Waals surface area contributed by atoms with E-state index in [1.807, 2.05) is 6.07 Å². The number of nitrogens with zero attached hydrogens (tertiary/aromatic N) is 3. The van der Waals surface area contributed by atoms with Crippen molar-refractivity contribution in [1.29, 1.82) is 0 Å². The Hall–Kier alpha value is -2.19. The van der Waals surface area contributed by atoms with E-state index in [2.05, 4.69) is 25.8 Å². The van der Waals surface area contributed by atoms with Gasteiger partial charge in [-0.05, 0) is 41.7 Å². The number of nitro groups is 1. The maximum atomic E-state index is 11.0. The highest BCUT2D eigenvalue weighted by atomic mass is 32.2. The second-order valence-corrected chi connectivity index (χ2v) is 10.6. The molecule has 8 heteroatoms. The number of thiophene rings is 1. The van der Waals surface area contributed by atoms with Crippen molar-refractivity contribution in [2.45, 2.75) is 50.9 Å². The van der Waals surface area contributed by atoms with Gasteiger partial charge in [0.2, 0.25) is 0 Å². The van der Waals surface area contributed by atoms with Gasteiger partial charge in [0.25, 0.3) is 5.69 Å². The highest BCUT2D eigenvalue weighted by Crippen LogP contribution is 2.44. The monoisotopic (exact) mass is 428 g/mol. The van der Waals surface area contributed by atoms with Crippen LogP contribution in [0.3, 0.4) is 0 Å². The summed E-state index contributed by atoms with van der Waals surface area (Å²) in [5.74, 6) is 1.77. The first-order valence-electron chi connectivity index (χ1n) is 9.66. The maximum Gasteiger partial charge on any atom is 0.269 e. The number of aryl methyl sites for hydroxylation is 1. The molecule has 0 spiro atoms. The quantitative estimate of drug-likeness (QED) is 0.251. The summed E-state index contributed by atoms with van der Waals surface area (Å²) in [6.07, 6.45) is 3.28. The SMILES string of the molecule is CC(C)(C)C1CCc2c(sc3nc(SCc4cccc([N+](=O)[O-])c4)nc(N)c23)C1. The van der Waals surface area contributed by atoms with Crippen LogP contribution in [0.2, 0.25) is 0 Å². The predicted octanol–water partition coefficient (Wildman–Crippen LogP) is 5.63. The highest BCUT2D eigenvalue weighted by Gasteiger charge is 2.31. The van der Waals surface area contributed by atoms with E-state index in [0.717, 1.165) is 28.6 Å². The second kappa shape index (κ2) is 7.57. The summed E-state index contributed by atoms with van der Waals surface area (Å²) in [6.45, 7) is 6.94. The van der Waals surface area contributed by atoms with Gasteiger partial charge in [0.15, 0.2) is 5.16 Å². The van der Waals surface area contributed by atoms with Crippen LogP contribution in [0.1, 0.15) is 43.2 Å². The Labute approximate surface area is 178 Å². The van der Waals surface area contributed by atoms with Gasteiger partial charge in [-0.1, -0.05) is 44.7 Å².